The number of hydrogen-bond donors (Lipinski definition) is 1. The van der Waals surface area contributed by atoms with E-state index in [2.05, 4.69) is 6.08 Å². The van der Waals surface area contributed by atoms with E-state index in [4.69, 9.17) is 4.74 Å². The Morgan fingerprint density at radius 2 is 1.75 bits per heavy atom. The first kappa shape index (κ1) is 14.4. The van der Waals surface area contributed by atoms with Crippen molar-refractivity contribution in [2.45, 2.75) is 19.4 Å². The maximum absolute atomic E-state index is 10.2. The molecule has 1 unspecified atom stereocenters. The Morgan fingerprint density at radius 3 is 2.45 bits per heavy atom. The molecule has 1 atom stereocenters. The van der Waals surface area contributed by atoms with Crippen molar-refractivity contribution in [2.24, 2.45) is 0 Å². The van der Waals surface area contributed by atoms with Crippen LogP contribution in [-0.2, 0) is 0 Å². The number of aliphatic hydroxyl groups is 1. The van der Waals surface area contributed by atoms with Crippen LogP contribution in [0, 0.1) is 0 Å². The third kappa shape index (κ3) is 3.72. The van der Waals surface area contributed by atoms with Crippen molar-refractivity contribution in [2.75, 3.05) is 7.11 Å². The normalized spacial score (nSPS) is 13.1. The predicted octanol–water partition coefficient (Wildman–Crippen LogP) is 4.22. The molecule has 0 heterocycles. The molecule has 2 nitrogen and oxygen atoms in total. The van der Waals surface area contributed by atoms with Crippen LogP contribution < -0.4 is 4.74 Å². The lowest BCUT2D eigenvalue weighted by molar-refractivity contribution is 0.178. The van der Waals surface area contributed by atoms with Crippen molar-refractivity contribution in [3.05, 3.63) is 71.3 Å². The molecule has 104 valence electrons. The molecule has 0 aliphatic carbocycles. The minimum atomic E-state index is -0.470. The van der Waals surface area contributed by atoms with E-state index < -0.39 is 6.10 Å². The molecule has 0 aliphatic rings. The lowest BCUT2D eigenvalue weighted by Crippen LogP contribution is -1.97. The van der Waals surface area contributed by atoms with Gasteiger partial charge < -0.3 is 9.84 Å². The van der Waals surface area contributed by atoms with Gasteiger partial charge in [-0.3, -0.25) is 0 Å². The third-order valence-corrected chi connectivity index (χ3v) is 3.24. The number of hydrogen-bond acceptors (Lipinski definition) is 2. The molecular weight excluding hydrogens is 248 g/mol. The van der Waals surface area contributed by atoms with Crippen molar-refractivity contribution in [3.63, 3.8) is 0 Å². The fourth-order valence-corrected chi connectivity index (χ4v) is 2.21. The van der Waals surface area contributed by atoms with Gasteiger partial charge in [-0.2, -0.15) is 0 Å². The highest BCUT2D eigenvalue weighted by Gasteiger charge is 2.08. The molecule has 0 saturated heterocycles. The van der Waals surface area contributed by atoms with Gasteiger partial charge in [0.1, 0.15) is 5.75 Å². The van der Waals surface area contributed by atoms with Crippen molar-refractivity contribution >= 4 is 6.08 Å². The van der Waals surface area contributed by atoms with Gasteiger partial charge in [0.05, 0.1) is 13.2 Å². The Bertz CT molecular complexity index is 573. The SMILES string of the molecule is COc1ccccc1/C=C(\C)CC(O)c1ccccc1. The van der Waals surface area contributed by atoms with Crippen LogP contribution in [0.3, 0.4) is 0 Å². The maximum Gasteiger partial charge on any atom is 0.126 e. The summed E-state index contributed by atoms with van der Waals surface area (Å²) in [7, 11) is 1.67. The highest BCUT2D eigenvalue weighted by molar-refractivity contribution is 5.59. The van der Waals surface area contributed by atoms with Crippen LogP contribution in [0.25, 0.3) is 6.08 Å². The van der Waals surface area contributed by atoms with Crippen LogP contribution in [-0.4, -0.2) is 12.2 Å². The summed E-state index contributed by atoms with van der Waals surface area (Å²) in [6, 6.07) is 17.6. The molecule has 0 fully saturated rings. The lowest BCUT2D eigenvalue weighted by Gasteiger charge is -2.12. The number of benzene rings is 2. The number of aliphatic hydroxyl groups excluding tert-OH is 1. The van der Waals surface area contributed by atoms with Crippen LogP contribution in [0.15, 0.2) is 60.2 Å². The highest BCUT2D eigenvalue weighted by Crippen LogP contribution is 2.25. The molecule has 2 aromatic carbocycles. The van der Waals surface area contributed by atoms with Crippen LogP contribution in [0.2, 0.25) is 0 Å². The summed E-state index contributed by atoms with van der Waals surface area (Å²) in [5.74, 6) is 0.848. The van der Waals surface area contributed by atoms with Gasteiger partial charge in [0.25, 0.3) is 0 Å². The molecular formula is C18H20O2. The van der Waals surface area contributed by atoms with E-state index in [9.17, 15) is 5.11 Å². The third-order valence-electron chi connectivity index (χ3n) is 3.24. The summed E-state index contributed by atoms with van der Waals surface area (Å²) in [5, 5.41) is 10.2. The molecule has 2 rings (SSSR count). The maximum atomic E-state index is 10.2. The zero-order chi connectivity index (χ0) is 14.4. The van der Waals surface area contributed by atoms with Gasteiger partial charge in [0.15, 0.2) is 0 Å². The Kier molecular flexibility index (Phi) is 4.97. The van der Waals surface area contributed by atoms with Crippen molar-refractivity contribution in [1.29, 1.82) is 0 Å². The summed E-state index contributed by atoms with van der Waals surface area (Å²) in [5.41, 5.74) is 3.10. The predicted molar refractivity (Wildman–Crippen MR) is 82.7 cm³/mol. The Balaban J connectivity index is 2.11. The molecule has 0 saturated carbocycles. The second-order valence-electron chi connectivity index (χ2n) is 4.86. The van der Waals surface area contributed by atoms with Gasteiger partial charge >= 0.3 is 0 Å². The van der Waals surface area contributed by atoms with E-state index in [0.717, 1.165) is 22.4 Å². The molecule has 0 amide bonds. The Hall–Kier alpha value is -2.06. The summed E-state index contributed by atoms with van der Waals surface area (Å²) in [4.78, 5) is 0. The molecule has 2 heteroatoms. The first-order chi connectivity index (χ1) is 9.70. The van der Waals surface area contributed by atoms with Crippen molar-refractivity contribution < 1.29 is 9.84 Å². The van der Waals surface area contributed by atoms with E-state index in [1.807, 2.05) is 61.5 Å². The molecule has 0 aliphatic heterocycles. The van der Waals surface area contributed by atoms with E-state index in [1.54, 1.807) is 7.11 Å². The second-order valence-corrected chi connectivity index (χ2v) is 4.86. The van der Waals surface area contributed by atoms with Gasteiger partial charge in [0, 0.05) is 5.56 Å². The molecule has 0 spiro atoms. The zero-order valence-corrected chi connectivity index (χ0v) is 11.9. The van der Waals surface area contributed by atoms with Crippen molar-refractivity contribution in [3.8, 4) is 5.75 Å². The summed E-state index contributed by atoms with van der Waals surface area (Å²) in [6.45, 7) is 2.03. The average molecular weight is 268 g/mol. The first-order valence-electron chi connectivity index (χ1n) is 6.74. The number of methoxy groups -OCH3 is 1. The summed E-state index contributed by atoms with van der Waals surface area (Å²) in [6.07, 6.45) is 2.20. The van der Waals surface area contributed by atoms with Gasteiger partial charge in [-0.05, 0) is 25.0 Å². The first-order valence-corrected chi connectivity index (χ1v) is 6.74. The number of ether oxygens (including phenoxy) is 1. The van der Waals surface area contributed by atoms with Crippen molar-refractivity contribution in [1.82, 2.24) is 0 Å². The largest absolute Gasteiger partial charge is 0.496 e. The molecule has 0 aromatic heterocycles. The fourth-order valence-electron chi connectivity index (χ4n) is 2.21. The molecule has 0 bridgehead atoms. The fraction of sp³-hybridized carbons (Fsp3) is 0.222. The number of rotatable bonds is 5. The van der Waals surface area contributed by atoms with E-state index in [1.165, 1.54) is 0 Å². The van der Waals surface area contributed by atoms with Gasteiger partial charge in [-0.15, -0.1) is 0 Å². The summed E-state index contributed by atoms with van der Waals surface area (Å²) < 4.78 is 5.33. The second kappa shape index (κ2) is 6.92. The molecule has 20 heavy (non-hydrogen) atoms. The van der Waals surface area contributed by atoms with E-state index in [-0.39, 0.29) is 0 Å². The molecule has 1 N–H and O–H groups in total. The summed E-state index contributed by atoms with van der Waals surface area (Å²) >= 11 is 0. The van der Waals surface area contributed by atoms with E-state index >= 15 is 0 Å². The lowest BCUT2D eigenvalue weighted by atomic mass is 10.0. The molecule has 0 radical (unpaired) electrons. The van der Waals surface area contributed by atoms with Gasteiger partial charge in [-0.25, -0.2) is 0 Å². The quantitative estimate of drug-likeness (QED) is 0.879. The van der Waals surface area contributed by atoms with Gasteiger partial charge in [0.2, 0.25) is 0 Å². The van der Waals surface area contributed by atoms with E-state index in [0.29, 0.717) is 6.42 Å². The Morgan fingerprint density at radius 1 is 1.10 bits per heavy atom. The minimum absolute atomic E-state index is 0.470. The zero-order valence-electron chi connectivity index (χ0n) is 11.9. The molecule has 2 aromatic rings. The highest BCUT2D eigenvalue weighted by atomic mass is 16.5. The smallest absolute Gasteiger partial charge is 0.126 e. The standard InChI is InChI=1S/C18H20O2/c1-14(12-16-10-6-7-11-18(16)20-2)13-17(19)15-8-4-3-5-9-15/h3-12,17,19H,13H2,1-2H3/b14-12+. The monoisotopic (exact) mass is 268 g/mol. The van der Waals surface area contributed by atoms with Gasteiger partial charge in [-0.1, -0.05) is 60.2 Å². The minimum Gasteiger partial charge on any atom is -0.496 e. The topological polar surface area (TPSA) is 29.5 Å². The number of para-hydroxylation sites is 1. The van der Waals surface area contributed by atoms with Crippen LogP contribution in [0.5, 0.6) is 5.75 Å². The van der Waals surface area contributed by atoms with Crippen LogP contribution in [0.4, 0.5) is 0 Å². The van der Waals surface area contributed by atoms with Crippen LogP contribution >= 0.6 is 0 Å². The Labute approximate surface area is 120 Å². The van der Waals surface area contributed by atoms with Crippen LogP contribution in [0.1, 0.15) is 30.6 Å². The average Bonchev–Trinajstić information content (AvgIpc) is 2.48.